The third-order valence-corrected chi connectivity index (χ3v) is 8.15. The zero-order chi connectivity index (χ0) is 32.6. The van der Waals surface area contributed by atoms with Crippen LogP contribution in [0, 0.1) is 0 Å². The first-order chi connectivity index (χ1) is 21.8. The number of aromatic nitrogens is 5. The topological polar surface area (TPSA) is 129 Å². The molecule has 242 valence electrons. The Labute approximate surface area is 269 Å². The molecule has 0 bridgehead atoms. The number of hydrogen-bond acceptors (Lipinski definition) is 7. The van der Waals surface area contributed by atoms with Gasteiger partial charge in [-0.15, -0.1) is 0 Å². The first-order valence-electron chi connectivity index (χ1n) is 16.0. The molecule has 46 heavy (non-hydrogen) atoms. The minimum Gasteiger partial charge on any atom is -0.444 e. The van der Waals surface area contributed by atoms with Crippen molar-refractivity contribution in [3.8, 4) is 33.8 Å². The van der Waals surface area contributed by atoms with Gasteiger partial charge in [-0.3, -0.25) is 14.8 Å². The summed E-state index contributed by atoms with van der Waals surface area (Å²) >= 11 is 0. The van der Waals surface area contributed by atoms with Crippen molar-refractivity contribution >= 4 is 12.2 Å². The van der Waals surface area contributed by atoms with Gasteiger partial charge in [0.05, 0.1) is 41.6 Å². The average Bonchev–Trinajstić information content (AvgIpc) is 3.82. The number of pyridine rings is 1. The molecule has 2 aliphatic rings. The summed E-state index contributed by atoms with van der Waals surface area (Å²) in [7, 11) is 0. The van der Waals surface area contributed by atoms with E-state index < -0.39 is 11.2 Å². The average molecular weight is 626 g/mol. The zero-order valence-electron chi connectivity index (χ0n) is 27.5. The van der Waals surface area contributed by atoms with Crippen molar-refractivity contribution in [2.45, 2.75) is 90.5 Å². The molecule has 0 saturated carbocycles. The molecule has 0 aliphatic carbocycles. The largest absolute Gasteiger partial charge is 0.444 e. The first-order valence-corrected chi connectivity index (χ1v) is 16.0. The van der Waals surface area contributed by atoms with Gasteiger partial charge < -0.3 is 19.4 Å². The summed E-state index contributed by atoms with van der Waals surface area (Å²) in [4.78, 5) is 49.8. The van der Waals surface area contributed by atoms with Gasteiger partial charge in [0.25, 0.3) is 0 Å². The van der Waals surface area contributed by atoms with Crippen LogP contribution >= 0.6 is 0 Å². The Kier molecular flexibility index (Phi) is 8.35. The van der Waals surface area contributed by atoms with E-state index in [1.165, 1.54) is 0 Å². The van der Waals surface area contributed by atoms with E-state index in [2.05, 4.69) is 19.9 Å². The number of likely N-dealkylation sites (tertiary alicyclic amines) is 2. The monoisotopic (exact) mass is 625 g/mol. The van der Waals surface area contributed by atoms with Crippen LogP contribution in [0.25, 0.3) is 33.8 Å². The Morgan fingerprint density at radius 1 is 0.652 bits per heavy atom. The molecule has 0 unspecified atom stereocenters. The molecule has 2 amide bonds. The number of rotatable bonds is 5. The number of carbonyl (C=O) groups excluding carboxylic acids is 2. The SMILES string of the molecule is CC(C)(C)OC(=O)N1CCC[C@H]1c1ncc(-c2ccc(-c3ccc(-c4cnc([C@@H]5CCCN5C(=O)OC(C)(C)C)[nH]4)cn3)cc2)[nH]1. The summed E-state index contributed by atoms with van der Waals surface area (Å²) in [6.45, 7) is 12.6. The van der Waals surface area contributed by atoms with Crippen molar-refractivity contribution in [1.29, 1.82) is 0 Å². The second-order valence-corrected chi connectivity index (χ2v) is 14.0. The summed E-state index contributed by atoms with van der Waals surface area (Å²) in [6.07, 6.45) is 8.34. The maximum Gasteiger partial charge on any atom is 0.410 e. The number of benzene rings is 1. The lowest BCUT2D eigenvalue weighted by molar-refractivity contribution is 0.0208. The molecule has 2 fully saturated rings. The van der Waals surface area contributed by atoms with Gasteiger partial charge in [0.1, 0.15) is 22.9 Å². The van der Waals surface area contributed by atoms with Gasteiger partial charge in [0.2, 0.25) is 0 Å². The highest BCUT2D eigenvalue weighted by Crippen LogP contribution is 2.35. The summed E-state index contributed by atoms with van der Waals surface area (Å²) in [5.41, 5.74) is 4.41. The van der Waals surface area contributed by atoms with E-state index in [4.69, 9.17) is 14.5 Å². The van der Waals surface area contributed by atoms with Crippen LogP contribution in [0.3, 0.4) is 0 Å². The van der Waals surface area contributed by atoms with Crippen molar-refractivity contribution in [3.05, 3.63) is 66.6 Å². The Bertz CT molecular complexity index is 1550. The van der Waals surface area contributed by atoms with Gasteiger partial charge in [-0.2, -0.15) is 0 Å². The highest BCUT2D eigenvalue weighted by Gasteiger charge is 2.36. The molecule has 11 nitrogen and oxygen atoms in total. The first kappa shape index (κ1) is 31.3. The van der Waals surface area contributed by atoms with Crippen LogP contribution in [0.2, 0.25) is 0 Å². The maximum atomic E-state index is 12.8. The summed E-state index contributed by atoms with van der Waals surface area (Å²) in [5, 5.41) is 0. The Morgan fingerprint density at radius 3 is 1.57 bits per heavy atom. The van der Waals surface area contributed by atoms with Gasteiger partial charge in [0.15, 0.2) is 0 Å². The van der Waals surface area contributed by atoms with Crippen LogP contribution in [-0.2, 0) is 9.47 Å². The van der Waals surface area contributed by atoms with E-state index in [0.29, 0.717) is 13.1 Å². The van der Waals surface area contributed by atoms with E-state index in [9.17, 15) is 9.59 Å². The second-order valence-electron chi connectivity index (χ2n) is 14.0. The minimum atomic E-state index is -0.545. The number of carbonyl (C=O) groups is 2. The Balaban J connectivity index is 1.11. The van der Waals surface area contributed by atoms with Crippen LogP contribution in [0.15, 0.2) is 55.0 Å². The number of amides is 2. The number of H-pyrrole nitrogens is 2. The number of aromatic amines is 2. The number of nitrogens with one attached hydrogen (secondary N) is 2. The summed E-state index contributed by atoms with van der Waals surface area (Å²) in [5.74, 6) is 1.53. The fourth-order valence-corrected chi connectivity index (χ4v) is 6.03. The number of imidazole rings is 2. The van der Waals surface area contributed by atoms with Crippen molar-refractivity contribution in [3.63, 3.8) is 0 Å². The quantitative estimate of drug-likeness (QED) is 0.233. The number of nitrogens with zero attached hydrogens (tertiary/aromatic N) is 5. The van der Waals surface area contributed by atoms with Crippen molar-refractivity contribution in [1.82, 2.24) is 34.7 Å². The van der Waals surface area contributed by atoms with Gasteiger partial charge in [-0.05, 0) is 84.9 Å². The van der Waals surface area contributed by atoms with E-state index >= 15 is 0 Å². The van der Waals surface area contributed by atoms with E-state index in [1.807, 2.05) is 90.3 Å². The summed E-state index contributed by atoms with van der Waals surface area (Å²) in [6, 6.07) is 11.9. The standard InChI is InChI=1S/C35H43N7O4/c1-34(2,3)45-32(43)41-17-7-9-28(41)30-37-20-26(39-30)23-13-11-22(12-14-23)25-16-15-24(19-36-25)27-21-38-31(40-27)29-10-8-18-42(29)33(44)46-35(4,5)6/h11-16,19-21,28-29H,7-10,17-18H2,1-6H3,(H,37,39)(H,38,40)/t28-,29-/m0/s1. The maximum absolute atomic E-state index is 12.8. The number of hydrogen-bond donors (Lipinski definition) is 2. The van der Waals surface area contributed by atoms with Crippen LogP contribution in [0.4, 0.5) is 9.59 Å². The smallest absolute Gasteiger partial charge is 0.410 e. The van der Waals surface area contributed by atoms with Crippen LogP contribution in [-0.4, -0.2) is 71.2 Å². The molecule has 3 aromatic heterocycles. The Morgan fingerprint density at radius 2 is 1.11 bits per heavy atom. The van der Waals surface area contributed by atoms with Crippen LogP contribution in [0.1, 0.15) is 91.0 Å². The molecule has 4 aromatic rings. The van der Waals surface area contributed by atoms with Gasteiger partial charge in [0, 0.05) is 30.4 Å². The molecular formula is C35H43N7O4. The van der Waals surface area contributed by atoms with Crippen molar-refractivity contribution in [2.24, 2.45) is 0 Å². The molecule has 2 aliphatic heterocycles. The van der Waals surface area contributed by atoms with E-state index in [0.717, 1.165) is 71.1 Å². The normalized spacial score (nSPS) is 18.7. The molecule has 0 spiro atoms. The molecule has 6 rings (SSSR count). The van der Waals surface area contributed by atoms with Crippen LogP contribution in [0.5, 0.6) is 0 Å². The molecule has 2 saturated heterocycles. The fraction of sp³-hybridized carbons (Fsp3) is 0.457. The third kappa shape index (κ3) is 6.93. The molecule has 11 heteroatoms. The highest BCUT2D eigenvalue weighted by molar-refractivity contribution is 5.71. The van der Waals surface area contributed by atoms with Gasteiger partial charge >= 0.3 is 12.2 Å². The molecule has 0 radical (unpaired) electrons. The second kappa shape index (κ2) is 12.3. The van der Waals surface area contributed by atoms with Crippen molar-refractivity contribution < 1.29 is 19.1 Å². The molecule has 2 N–H and O–H groups in total. The lowest BCUT2D eigenvalue weighted by Crippen LogP contribution is -2.36. The minimum absolute atomic E-state index is 0.126. The van der Waals surface area contributed by atoms with Gasteiger partial charge in [-0.25, -0.2) is 19.6 Å². The van der Waals surface area contributed by atoms with E-state index in [-0.39, 0.29) is 24.3 Å². The molecule has 1 aromatic carbocycles. The Hall–Kier alpha value is -4.67. The zero-order valence-corrected chi connectivity index (χ0v) is 27.5. The van der Waals surface area contributed by atoms with Crippen LogP contribution < -0.4 is 0 Å². The lowest BCUT2D eigenvalue weighted by Gasteiger charge is -2.27. The predicted octanol–water partition coefficient (Wildman–Crippen LogP) is 7.67. The van der Waals surface area contributed by atoms with E-state index in [1.54, 1.807) is 16.0 Å². The number of ether oxygens (including phenoxy) is 2. The fourth-order valence-electron chi connectivity index (χ4n) is 6.03. The predicted molar refractivity (Wildman–Crippen MR) is 175 cm³/mol. The van der Waals surface area contributed by atoms with Crippen molar-refractivity contribution in [2.75, 3.05) is 13.1 Å². The van der Waals surface area contributed by atoms with Gasteiger partial charge in [-0.1, -0.05) is 24.3 Å². The molecular weight excluding hydrogens is 582 g/mol. The third-order valence-electron chi connectivity index (χ3n) is 8.15. The highest BCUT2D eigenvalue weighted by atomic mass is 16.6. The molecule has 5 heterocycles. The molecule has 2 atom stereocenters. The summed E-state index contributed by atoms with van der Waals surface area (Å²) < 4.78 is 11.2. The lowest BCUT2D eigenvalue weighted by atomic mass is 10.1.